The summed E-state index contributed by atoms with van der Waals surface area (Å²) in [6.07, 6.45) is 0. The number of hydrogen-bond acceptors (Lipinski definition) is 0. The molecule has 0 nitrogen and oxygen atoms in total. The van der Waals surface area contributed by atoms with Gasteiger partial charge in [-0.15, -0.1) is 0 Å². The van der Waals surface area contributed by atoms with Gasteiger partial charge in [-0.1, -0.05) is 90.0 Å². The Bertz CT molecular complexity index is 1020. The summed E-state index contributed by atoms with van der Waals surface area (Å²) in [6.45, 7) is 4.28. The fraction of sp³-hybridized carbons (Fsp3) is 0.0833. The molecule has 0 unspecified atom stereocenters. The molecule has 116 valence electrons. The highest BCUT2D eigenvalue weighted by Crippen LogP contribution is 2.32. The quantitative estimate of drug-likeness (QED) is 0.382. The van der Waals surface area contributed by atoms with E-state index in [4.69, 9.17) is 0 Å². The second kappa shape index (κ2) is 5.98. The van der Waals surface area contributed by atoms with Crippen molar-refractivity contribution in [2.45, 2.75) is 13.8 Å². The van der Waals surface area contributed by atoms with E-state index in [1.165, 1.54) is 44.2 Å². The summed E-state index contributed by atoms with van der Waals surface area (Å²) < 4.78 is 0. The molecule has 0 amide bonds. The Labute approximate surface area is 143 Å². The molecule has 0 bridgehead atoms. The summed E-state index contributed by atoms with van der Waals surface area (Å²) in [5.74, 6) is 0. The highest BCUT2D eigenvalue weighted by atomic mass is 14.1. The van der Waals surface area contributed by atoms with Gasteiger partial charge in [0.2, 0.25) is 0 Å². The van der Waals surface area contributed by atoms with E-state index in [-0.39, 0.29) is 0 Å². The van der Waals surface area contributed by atoms with Gasteiger partial charge in [-0.05, 0) is 52.9 Å². The first-order valence-electron chi connectivity index (χ1n) is 8.37. The predicted octanol–water partition coefficient (Wildman–Crippen LogP) is 6.79. The van der Waals surface area contributed by atoms with Crippen LogP contribution >= 0.6 is 0 Å². The normalized spacial score (nSPS) is 10.9. The Balaban J connectivity index is 1.88. The minimum absolute atomic E-state index is 1.27. The lowest BCUT2D eigenvalue weighted by Gasteiger charge is -2.10. The summed E-state index contributed by atoms with van der Waals surface area (Å²) >= 11 is 0. The smallest absolute Gasteiger partial charge is 0.0105 e. The molecule has 0 aliphatic heterocycles. The molecule has 0 aliphatic rings. The van der Waals surface area contributed by atoms with Gasteiger partial charge in [0, 0.05) is 0 Å². The zero-order valence-corrected chi connectivity index (χ0v) is 14.1. The molecule has 4 rings (SSSR count). The summed E-state index contributed by atoms with van der Waals surface area (Å²) in [5.41, 5.74) is 7.71. The van der Waals surface area contributed by atoms with E-state index in [0.29, 0.717) is 0 Å². The lowest BCUT2D eigenvalue weighted by atomic mass is 9.94. The van der Waals surface area contributed by atoms with Crippen LogP contribution in [0.25, 0.3) is 33.0 Å². The molecule has 0 saturated heterocycles. The number of aryl methyl sites for hydroxylation is 2. The van der Waals surface area contributed by atoms with Gasteiger partial charge in [0.05, 0.1) is 0 Å². The molecule has 0 radical (unpaired) electrons. The molecule has 0 saturated carbocycles. The zero-order valence-electron chi connectivity index (χ0n) is 14.1. The predicted molar refractivity (Wildman–Crippen MR) is 104 cm³/mol. The summed E-state index contributed by atoms with van der Waals surface area (Å²) in [4.78, 5) is 0. The Morgan fingerprint density at radius 1 is 0.500 bits per heavy atom. The third-order valence-corrected chi connectivity index (χ3v) is 4.56. The zero-order chi connectivity index (χ0) is 16.5. The molecule has 0 aromatic heterocycles. The van der Waals surface area contributed by atoms with Crippen LogP contribution in [0.5, 0.6) is 0 Å². The van der Waals surface area contributed by atoms with E-state index in [2.05, 4.69) is 98.8 Å². The average Bonchev–Trinajstić information content (AvgIpc) is 2.61. The summed E-state index contributed by atoms with van der Waals surface area (Å²) in [5, 5.41) is 2.59. The van der Waals surface area contributed by atoms with Crippen molar-refractivity contribution in [2.24, 2.45) is 0 Å². The van der Waals surface area contributed by atoms with Crippen molar-refractivity contribution in [3.63, 3.8) is 0 Å². The van der Waals surface area contributed by atoms with Gasteiger partial charge in [-0.3, -0.25) is 0 Å². The lowest BCUT2D eigenvalue weighted by molar-refractivity contribution is 1.47. The largest absolute Gasteiger partial charge is 0.0614 e. The molecule has 4 aromatic rings. The standard InChI is InChI=1S/C24H20/c1-17-6-3-8-19(14-17)20-12-13-24-22(16-20)10-5-11-23(24)21-9-4-7-18(2)15-21/h3-16H,1-2H3. The van der Waals surface area contributed by atoms with Crippen LogP contribution in [0.3, 0.4) is 0 Å². The first kappa shape index (κ1) is 14.7. The Hall–Kier alpha value is -2.86. The van der Waals surface area contributed by atoms with Crippen molar-refractivity contribution >= 4 is 10.8 Å². The Morgan fingerprint density at radius 3 is 1.88 bits per heavy atom. The van der Waals surface area contributed by atoms with Crippen molar-refractivity contribution in [2.75, 3.05) is 0 Å². The van der Waals surface area contributed by atoms with Crippen LogP contribution in [0.1, 0.15) is 11.1 Å². The van der Waals surface area contributed by atoms with Crippen LogP contribution in [0.15, 0.2) is 84.9 Å². The molecule has 0 heterocycles. The second-order valence-electron chi connectivity index (χ2n) is 6.48. The first-order chi connectivity index (χ1) is 11.7. The Kier molecular flexibility index (Phi) is 3.66. The molecular weight excluding hydrogens is 288 g/mol. The van der Waals surface area contributed by atoms with E-state index >= 15 is 0 Å². The lowest BCUT2D eigenvalue weighted by Crippen LogP contribution is -1.84. The van der Waals surface area contributed by atoms with E-state index in [0.717, 1.165) is 0 Å². The molecule has 0 spiro atoms. The SMILES string of the molecule is Cc1cccc(-c2ccc3c(-c4cccc(C)c4)cccc3c2)c1. The van der Waals surface area contributed by atoms with E-state index in [9.17, 15) is 0 Å². The maximum Gasteiger partial charge on any atom is -0.0105 e. The molecule has 0 N–H and O–H groups in total. The third kappa shape index (κ3) is 2.72. The van der Waals surface area contributed by atoms with E-state index < -0.39 is 0 Å². The van der Waals surface area contributed by atoms with Gasteiger partial charge in [0.15, 0.2) is 0 Å². The van der Waals surface area contributed by atoms with Crippen LogP contribution in [-0.4, -0.2) is 0 Å². The van der Waals surface area contributed by atoms with Gasteiger partial charge in [0.1, 0.15) is 0 Å². The molecule has 24 heavy (non-hydrogen) atoms. The maximum absolute atomic E-state index is 2.30. The Morgan fingerprint density at radius 2 is 1.12 bits per heavy atom. The maximum atomic E-state index is 2.30. The fourth-order valence-electron chi connectivity index (χ4n) is 3.35. The minimum atomic E-state index is 1.27. The highest BCUT2D eigenvalue weighted by molar-refractivity contribution is 5.98. The third-order valence-electron chi connectivity index (χ3n) is 4.56. The van der Waals surface area contributed by atoms with Crippen molar-refractivity contribution in [1.82, 2.24) is 0 Å². The first-order valence-corrected chi connectivity index (χ1v) is 8.37. The second-order valence-corrected chi connectivity index (χ2v) is 6.48. The van der Waals surface area contributed by atoms with Crippen molar-refractivity contribution in [3.05, 3.63) is 96.1 Å². The van der Waals surface area contributed by atoms with Crippen LogP contribution < -0.4 is 0 Å². The molecule has 0 heteroatoms. The number of benzene rings is 4. The monoisotopic (exact) mass is 308 g/mol. The van der Waals surface area contributed by atoms with E-state index in [1.807, 2.05) is 0 Å². The van der Waals surface area contributed by atoms with Gasteiger partial charge >= 0.3 is 0 Å². The van der Waals surface area contributed by atoms with Crippen molar-refractivity contribution < 1.29 is 0 Å². The fourth-order valence-corrected chi connectivity index (χ4v) is 3.35. The van der Waals surface area contributed by atoms with Crippen LogP contribution in [0.2, 0.25) is 0 Å². The minimum Gasteiger partial charge on any atom is -0.0614 e. The van der Waals surface area contributed by atoms with Crippen LogP contribution in [0, 0.1) is 13.8 Å². The van der Waals surface area contributed by atoms with Crippen molar-refractivity contribution in [3.8, 4) is 22.3 Å². The number of rotatable bonds is 2. The van der Waals surface area contributed by atoms with E-state index in [1.54, 1.807) is 0 Å². The number of hydrogen-bond donors (Lipinski definition) is 0. The van der Waals surface area contributed by atoms with Crippen molar-refractivity contribution in [1.29, 1.82) is 0 Å². The van der Waals surface area contributed by atoms with Gasteiger partial charge in [-0.25, -0.2) is 0 Å². The molecule has 0 atom stereocenters. The molecule has 0 fully saturated rings. The van der Waals surface area contributed by atoms with Gasteiger partial charge in [0.25, 0.3) is 0 Å². The van der Waals surface area contributed by atoms with Crippen LogP contribution in [-0.2, 0) is 0 Å². The molecule has 0 aliphatic carbocycles. The van der Waals surface area contributed by atoms with Gasteiger partial charge in [-0.2, -0.15) is 0 Å². The molecular formula is C24H20. The number of fused-ring (bicyclic) bond motifs is 1. The van der Waals surface area contributed by atoms with Gasteiger partial charge < -0.3 is 0 Å². The topological polar surface area (TPSA) is 0 Å². The summed E-state index contributed by atoms with van der Waals surface area (Å²) in [6, 6.07) is 30.7. The van der Waals surface area contributed by atoms with Crippen LogP contribution in [0.4, 0.5) is 0 Å². The highest BCUT2D eigenvalue weighted by Gasteiger charge is 2.06. The summed E-state index contributed by atoms with van der Waals surface area (Å²) in [7, 11) is 0. The molecule has 4 aromatic carbocycles. The average molecular weight is 308 g/mol.